The van der Waals surface area contributed by atoms with E-state index in [2.05, 4.69) is 55.5 Å². The number of carbonyl (C=O) groups is 1. The molecule has 0 fully saturated rings. The van der Waals surface area contributed by atoms with E-state index < -0.39 is 0 Å². The van der Waals surface area contributed by atoms with E-state index in [1.165, 1.54) is 55.2 Å². The summed E-state index contributed by atoms with van der Waals surface area (Å²) in [6.07, 6.45) is 9.51. The molecule has 0 heterocycles. The summed E-state index contributed by atoms with van der Waals surface area (Å²) in [6, 6.07) is 17.4. The molecule has 0 atom stereocenters. The number of ketones is 1. The number of benzene rings is 2. The van der Waals surface area contributed by atoms with Crippen LogP contribution < -0.4 is 0 Å². The predicted octanol–water partition coefficient (Wildman–Crippen LogP) is 6.86. The molecule has 0 aromatic heterocycles. The number of aryl methyl sites for hydroxylation is 1. The van der Waals surface area contributed by atoms with Crippen LogP contribution in [-0.4, -0.2) is 5.78 Å². The number of carbonyl (C=O) groups excluding carboxylic acids is 1. The van der Waals surface area contributed by atoms with Crippen LogP contribution in [0.5, 0.6) is 0 Å². The van der Waals surface area contributed by atoms with Gasteiger partial charge in [-0.15, -0.1) is 0 Å². The Morgan fingerprint density at radius 3 is 1.92 bits per heavy atom. The average molecular weight is 335 g/mol. The van der Waals surface area contributed by atoms with E-state index in [1.54, 1.807) is 13.0 Å². The summed E-state index contributed by atoms with van der Waals surface area (Å²) in [5.41, 5.74) is 6.00. The van der Waals surface area contributed by atoms with Gasteiger partial charge < -0.3 is 0 Å². The number of allylic oxidation sites excluding steroid dienone is 2. The predicted molar refractivity (Wildman–Crippen MR) is 109 cm³/mol. The summed E-state index contributed by atoms with van der Waals surface area (Å²) in [5.74, 6) is 0.0897. The van der Waals surface area contributed by atoms with Crippen molar-refractivity contribution in [2.24, 2.45) is 0 Å². The van der Waals surface area contributed by atoms with Gasteiger partial charge in [-0.3, -0.25) is 4.79 Å². The Labute approximate surface area is 152 Å². The van der Waals surface area contributed by atoms with Crippen molar-refractivity contribution in [3.8, 4) is 11.1 Å². The Morgan fingerprint density at radius 2 is 1.36 bits per heavy atom. The van der Waals surface area contributed by atoms with Gasteiger partial charge in [0.2, 0.25) is 0 Å². The third-order valence-corrected chi connectivity index (χ3v) is 4.62. The SMILES string of the molecule is CCCCCCCc1ccc(-c2ccc(/C(C)=C/C(C)=O)cc2)cc1. The third kappa shape index (κ3) is 6.34. The molecule has 25 heavy (non-hydrogen) atoms. The van der Waals surface area contributed by atoms with E-state index in [0.29, 0.717) is 0 Å². The molecule has 0 aliphatic carbocycles. The van der Waals surface area contributed by atoms with Crippen LogP contribution in [0.4, 0.5) is 0 Å². The number of hydrogen-bond donors (Lipinski definition) is 0. The maximum Gasteiger partial charge on any atom is 0.152 e. The first-order valence-corrected chi connectivity index (χ1v) is 9.48. The summed E-state index contributed by atoms with van der Waals surface area (Å²) in [4.78, 5) is 11.2. The Hall–Kier alpha value is -2.15. The molecule has 0 saturated heterocycles. The van der Waals surface area contributed by atoms with Crippen LogP contribution in [0.2, 0.25) is 0 Å². The van der Waals surface area contributed by atoms with Crippen molar-refractivity contribution < 1.29 is 4.79 Å². The molecule has 1 nitrogen and oxygen atoms in total. The summed E-state index contributed by atoms with van der Waals surface area (Å²) >= 11 is 0. The van der Waals surface area contributed by atoms with Gasteiger partial charge >= 0.3 is 0 Å². The van der Waals surface area contributed by atoms with E-state index in [1.807, 2.05) is 6.92 Å². The summed E-state index contributed by atoms with van der Waals surface area (Å²) in [5, 5.41) is 0. The molecule has 0 unspecified atom stereocenters. The highest BCUT2D eigenvalue weighted by atomic mass is 16.1. The lowest BCUT2D eigenvalue weighted by molar-refractivity contribution is -0.112. The lowest BCUT2D eigenvalue weighted by Crippen LogP contribution is -1.88. The van der Waals surface area contributed by atoms with Crippen LogP contribution in [0.1, 0.15) is 64.0 Å². The van der Waals surface area contributed by atoms with Crippen LogP contribution in [-0.2, 0) is 11.2 Å². The zero-order chi connectivity index (χ0) is 18.1. The molecule has 2 rings (SSSR count). The minimum Gasteiger partial charge on any atom is -0.295 e. The quantitative estimate of drug-likeness (QED) is 0.361. The monoisotopic (exact) mass is 334 g/mol. The maximum atomic E-state index is 11.2. The van der Waals surface area contributed by atoms with Crippen molar-refractivity contribution in [1.29, 1.82) is 0 Å². The fraction of sp³-hybridized carbons (Fsp3) is 0.375. The first kappa shape index (κ1) is 19.2. The Bertz CT molecular complexity index is 690. The Morgan fingerprint density at radius 1 is 0.800 bits per heavy atom. The zero-order valence-electron chi connectivity index (χ0n) is 15.8. The largest absolute Gasteiger partial charge is 0.295 e. The topological polar surface area (TPSA) is 17.1 Å². The molecular formula is C24H30O. The molecular weight excluding hydrogens is 304 g/mol. The summed E-state index contributed by atoms with van der Waals surface area (Å²) in [6.45, 7) is 5.82. The van der Waals surface area contributed by atoms with Gasteiger partial charge in [-0.2, -0.15) is 0 Å². The second-order valence-corrected chi connectivity index (χ2v) is 6.88. The van der Waals surface area contributed by atoms with Crippen molar-refractivity contribution in [2.45, 2.75) is 59.3 Å². The smallest absolute Gasteiger partial charge is 0.152 e. The molecule has 1 heteroatoms. The zero-order valence-corrected chi connectivity index (χ0v) is 15.8. The molecule has 0 radical (unpaired) electrons. The lowest BCUT2D eigenvalue weighted by atomic mass is 9.98. The van der Waals surface area contributed by atoms with E-state index >= 15 is 0 Å². The number of unbranched alkanes of at least 4 members (excludes halogenated alkanes) is 4. The first-order valence-electron chi connectivity index (χ1n) is 9.48. The molecule has 0 saturated carbocycles. The van der Waals surface area contributed by atoms with Crippen LogP contribution in [0, 0.1) is 0 Å². The lowest BCUT2D eigenvalue weighted by Gasteiger charge is -2.07. The molecule has 0 bridgehead atoms. The van der Waals surface area contributed by atoms with Crippen molar-refractivity contribution in [3.63, 3.8) is 0 Å². The van der Waals surface area contributed by atoms with Crippen molar-refractivity contribution in [3.05, 3.63) is 65.7 Å². The molecule has 0 spiro atoms. The minimum absolute atomic E-state index is 0.0897. The molecule has 2 aromatic carbocycles. The molecule has 0 N–H and O–H groups in total. The van der Waals surface area contributed by atoms with Crippen molar-refractivity contribution in [2.75, 3.05) is 0 Å². The van der Waals surface area contributed by atoms with Crippen LogP contribution in [0.25, 0.3) is 16.7 Å². The standard InChI is InChI=1S/C24H30O/c1-4-5-6-7-8-9-21-10-12-23(13-11-21)24-16-14-22(15-17-24)19(2)18-20(3)25/h10-18H,4-9H2,1-3H3/b19-18+. The van der Waals surface area contributed by atoms with Gasteiger partial charge in [0.25, 0.3) is 0 Å². The second-order valence-electron chi connectivity index (χ2n) is 6.88. The van der Waals surface area contributed by atoms with Gasteiger partial charge in [0.1, 0.15) is 0 Å². The van der Waals surface area contributed by atoms with Crippen LogP contribution in [0.3, 0.4) is 0 Å². The van der Waals surface area contributed by atoms with Crippen LogP contribution >= 0.6 is 0 Å². The van der Waals surface area contributed by atoms with Crippen molar-refractivity contribution in [1.82, 2.24) is 0 Å². The highest BCUT2D eigenvalue weighted by Gasteiger charge is 2.01. The maximum absolute atomic E-state index is 11.2. The van der Waals surface area contributed by atoms with Gasteiger partial charge in [-0.25, -0.2) is 0 Å². The second kappa shape index (κ2) is 9.98. The van der Waals surface area contributed by atoms with Gasteiger partial charge in [-0.1, -0.05) is 81.1 Å². The van der Waals surface area contributed by atoms with E-state index in [9.17, 15) is 4.79 Å². The highest BCUT2D eigenvalue weighted by molar-refractivity contribution is 5.94. The first-order chi connectivity index (χ1) is 12.1. The summed E-state index contributed by atoms with van der Waals surface area (Å²) < 4.78 is 0. The summed E-state index contributed by atoms with van der Waals surface area (Å²) in [7, 11) is 0. The molecule has 2 aromatic rings. The minimum atomic E-state index is 0.0897. The fourth-order valence-corrected chi connectivity index (χ4v) is 3.11. The fourth-order valence-electron chi connectivity index (χ4n) is 3.11. The molecule has 132 valence electrons. The average Bonchev–Trinajstić information content (AvgIpc) is 2.62. The molecule has 0 aliphatic heterocycles. The van der Waals surface area contributed by atoms with Crippen LogP contribution in [0.15, 0.2) is 54.6 Å². The Kier molecular flexibility index (Phi) is 7.66. The third-order valence-electron chi connectivity index (χ3n) is 4.62. The van der Waals surface area contributed by atoms with E-state index in [4.69, 9.17) is 0 Å². The van der Waals surface area contributed by atoms with Gasteiger partial charge in [0, 0.05) is 0 Å². The van der Waals surface area contributed by atoms with Gasteiger partial charge in [-0.05, 0) is 60.6 Å². The highest BCUT2D eigenvalue weighted by Crippen LogP contribution is 2.23. The van der Waals surface area contributed by atoms with E-state index in [-0.39, 0.29) is 5.78 Å². The van der Waals surface area contributed by atoms with Crippen molar-refractivity contribution >= 4 is 11.4 Å². The molecule has 0 amide bonds. The van der Waals surface area contributed by atoms with E-state index in [0.717, 1.165) is 11.1 Å². The number of rotatable bonds is 9. The molecule has 0 aliphatic rings. The Balaban J connectivity index is 1.96. The number of hydrogen-bond acceptors (Lipinski definition) is 1. The van der Waals surface area contributed by atoms with Gasteiger partial charge in [0.15, 0.2) is 5.78 Å². The van der Waals surface area contributed by atoms with Gasteiger partial charge in [0.05, 0.1) is 0 Å². The normalized spacial score (nSPS) is 11.6.